The molecule has 8 heteroatoms. The summed E-state index contributed by atoms with van der Waals surface area (Å²) in [5, 5.41) is 31.2. The number of allylic oxidation sites excluding steroid dienone is 2. The molecule has 2 atom stereocenters. The van der Waals surface area contributed by atoms with E-state index in [9.17, 15) is 29.9 Å². The molecule has 2 aromatic rings. The third-order valence-electron chi connectivity index (χ3n) is 5.19. The molecule has 0 saturated carbocycles. The Morgan fingerprint density at radius 3 is 2.37 bits per heavy atom. The predicted octanol–water partition coefficient (Wildman–Crippen LogP) is 4.81. The van der Waals surface area contributed by atoms with Crippen molar-refractivity contribution in [3.63, 3.8) is 0 Å². The van der Waals surface area contributed by atoms with E-state index in [1.54, 1.807) is 43.3 Å². The van der Waals surface area contributed by atoms with E-state index in [4.69, 9.17) is 11.6 Å². The normalized spacial score (nSPS) is 19.4. The number of hydrogen-bond acceptors (Lipinski definition) is 4. The molecule has 7 nitrogen and oxygen atoms in total. The van der Waals surface area contributed by atoms with Gasteiger partial charge in [0.25, 0.3) is 5.69 Å². The van der Waals surface area contributed by atoms with Crippen molar-refractivity contribution in [1.82, 2.24) is 0 Å². The Bertz CT molecular complexity index is 1090. The minimum absolute atomic E-state index is 0.0400. The fourth-order valence-electron chi connectivity index (χ4n) is 4.01. The van der Waals surface area contributed by atoms with Crippen molar-refractivity contribution in [2.45, 2.75) is 19.3 Å². The van der Waals surface area contributed by atoms with Gasteiger partial charge in [-0.2, -0.15) is 0 Å². The molecule has 30 heavy (non-hydrogen) atoms. The molecular formula is C22H18ClNO6. The highest BCUT2D eigenvalue weighted by Crippen LogP contribution is 2.50. The van der Waals surface area contributed by atoms with E-state index >= 15 is 0 Å². The zero-order chi connectivity index (χ0) is 22.1. The Kier molecular flexibility index (Phi) is 5.75. The summed E-state index contributed by atoms with van der Waals surface area (Å²) in [5.74, 6) is -3.31. The maximum Gasteiger partial charge on any atom is 0.331 e. The van der Waals surface area contributed by atoms with Crippen molar-refractivity contribution in [2.24, 2.45) is 5.41 Å². The van der Waals surface area contributed by atoms with Crippen LogP contribution >= 0.6 is 11.6 Å². The second-order valence-electron chi connectivity index (χ2n) is 7.20. The molecule has 154 valence electrons. The largest absolute Gasteiger partial charge is 0.481 e. The third-order valence-corrected chi connectivity index (χ3v) is 5.51. The summed E-state index contributed by atoms with van der Waals surface area (Å²) >= 11 is 5.96. The van der Waals surface area contributed by atoms with Gasteiger partial charge in [0, 0.05) is 24.0 Å². The number of carboxylic acids is 2. The third kappa shape index (κ3) is 3.84. The number of carbonyl (C=O) groups is 2. The van der Waals surface area contributed by atoms with E-state index in [0.29, 0.717) is 16.7 Å². The van der Waals surface area contributed by atoms with Gasteiger partial charge in [-0.25, -0.2) is 4.79 Å². The van der Waals surface area contributed by atoms with E-state index in [1.807, 2.05) is 0 Å². The quantitative estimate of drug-likeness (QED) is 0.504. The highest BCUT2D eigenvalue weighted by Gasteiger charge is 2.48. The second-order valence-corrected chi connectivity index (χ2v) is 7.60. The average Bonchev–Trinajstić information content (AvgIpc) is 2.69. The molecule has 2 N–H and O–H groups in total. The molecule has 1 aliphatic rings. The number of rotatable bonds is 6. The fraction of sp³-hybridized carbons (Fsp3) is 0.182. The van der Waals surface area contributed by atoms with Crippen LogP contribution in [0.3, 0.4) is 0 Å². The Labute approximate surface area is 177 Å². The van der Waals surface area contributed by atoms with Crippen molar-refractivity contribution in [2.75, 3.05) is 0 Å². The Morgan fingerprint density at radius 2 is 1.80 bits per heavy atom. The molecular weight excluding hydrogens is 410 g/mol. The molecule has 0 saturated heterocycles. The number of nitro benzene ring substituents is 1. The van der Waals surface area contributed by atoms with Crippen LogP contribution in [-0.2, 0) is 9.59 Å². The minimum atomic E-state index is -1.66. The van der Waals surface area contributed by atoms with Gasteiger partial charge in [-0.1, -0.05) is 59.6 Å². The van der Waals surface area contributed by atoms with E-state index in [-0.39, 0.29) is 22.7 Å². The van der Waals surface area contributed by atoms with Crippen LogP contribution in [0.15, 0.2) is 71.8 Å². The zero-order valence-electron chi connectivity index (χ0n) is 15.9. The van der Waals surface area contributed by atoms with Gasteiger partial charge < -0.3 is 10.2 Å². The monoisotopic (exact) mass is 427 g/mol. The Hall–Kier alpha value is -3.45. The smallest absolute Gasteiger partial charge is 0.331 e. The molecule has 0 bridgehead atoms. The van der Waals surface area contributed by atoms with Crippen molar-refractivity contribution < 1.29 is 24.7 Å². The van der Waals surface area contributed by atoms with Crippen LogP contribution in [0.4, 0.5) is 5.69 Å². The van der Waals surface area contributed by atoms with Crippen LogP contribution in [0.5, 0.6) is 0 Å². The molecule has 2 unspecified atom stereocenters. The van der Waals surface area contributed by atoms with Crippen LogP contribution in [0.2, 0.25) is 5.02 Å². The zero-order valence-corrected chi connectivity index (χ0v) is 16.7. The van der Waals surface area contributed by atoms with Crippen molar-refractivity contribution in [3.05, 3.63) is 98.1 Å². The van der Waals surface area contributed by atoms with Crippen molar-refractivity contribution >= 4 is 29.2 Å². The van der Waals surface area contributed by atoms with Gasteiger partial charge in [0.2, 0.25) is 0 Å². The van der Waals surface area contributed by atoms with E-state index in [2.05, 4.69) is 0 Å². The number of hydrogen-bond donors (Lipinski definition) is 2. The molecule has 1 aliphatic carbocycles. The first kappa shape index (κ1) is 21.3. The number of nitrogens with zero attached hydrogens (tertiary/aromatic N) is 1. The van der Waals surface area contributed by atoms with Crippen LogP contribution in [0.25, 0.3) is 0 Å². The van der Waals surface area contributed by atoms with E-state index in [0.717, 1.165) is 0 Å². The average molecular weight is 428 g/mol. The van der Waals surface area contributed by atoms with E-state index < -0.39 is 28.2 Å². The maximum absolute atomic E-state index is 12.6. The molecule has 3 rings (SSSR count). The summed E-state index contributed by atoms with van der Waals surface area (Å²) in [6.07, 6.45) is 2.70. The maximum atomic E-state index is 12.6. The first-order valence-corrected chi connectivity index (χ1v) is 9.39. The van der Waals surface area contributed by atoms with Crippen LogP contribution in [-0.4, -0.2) is 27.1 Å². The lowest BCUT2D eigenvalue weighted by Crippen LogP contribution is -2.39. The second kappa shape index (κ2) is 8.12. The number of nitro groups is 1. The van der Waals surface area contributed by atoms with Gasteiger partial charge in [-0.3, -0.25) is 14.9 Å². The molecule has 0 radical (unpaired) electrons. The van der Waals surface area contributed by atoms with Gasteiger partial charge in [-0.05, 0) is 30.2 Å². The minimum Gasteiger partial charge on any atom is -0.481 e. The lowest BCUT2D eigenvalue weighted by atomic mass is 9.63. The van der Waals surface area contributed by atoms with E-state index in [1.165, 1.54) is 24.3 Å². The topological polar surface area (TPSA) is 118 Å². The molecule has 0 amide bonds. The Balaban J connectivity index is 2.31. The summed E-state index contributed by atoms with van der Waals surface area (Å²) in [6.45, 7) is 1.63. The summed E-state index contributed by atoms with van der Waals surface area (Å²) in [5.41, 5.74) is -0.605. The molecule has 0 spiro atoms. The highest BCUT2D eigenvalue weighted by atomic mass is 35.5. The van der Waals surface area contributed by atoms with Crippen LogP contribution < -0.4 is 0 Å². The van der Waals surface area contributed by atoms with Gasteiger partial charge in [0.15, 0.2) is 0 Å². The number of benzene rings is 2. The van der Waals surface area contributed by atoms with Crippen molar-refractivity contribution in [3.8, 4) is 0 Å². The fourth-order valence-corrected chi connectivity index (χ4v) is 4.19. The SMILES string of the molecule is CC1=CC(C(=O)O)(C(c2ccccc2)c2ccc(Cl)c([N+](=O)[O-])c2)CC(C(=O)O)=C1. The summed E-state index contributed by atoms with van der Waals surface area (Å²) < 4.78 is 0. The number of carboxylic acid groups (broad SMARTS) is 2. The number of halogens is 1. The summed E-state index contributed by atoms with van der Waals surface area (Å²) in [6, 6.07) is 12.8. The predicted molar refractivity (Wildman–Crippen MR) is 111 cm³/mol. The van der Waals surface area contributed by atoms with Gasteiger partial charge in [-0.15, -0.1) is 0 Å². The van der Waals surface area contributed by atoms with Crippen molar-refractivity contribution in [1.29, 1.82) is 0 Å². The van der Waals surface area contributed by atoms with Gasteiger partial charge in [0.1, 0.15) is 10.4 Å². The molecule has 2 aromatic carbocycles. The lowest BCUT2D eigenvalue weighted by molar-refractivity contribution is -0.384. The standard InChI is InChI=1S/C22H18ClNO6/c1-13-9-16(20(25)26)12-22(11-13,21(27)28)19(14-5-3-2-4-6-14)15-7-8-17(23)18(10-15)24(29)30/h2-11,19H,12H2,1H3,(H,25,26)(H,27,28). The summed E-state index contributed by atoms with van der Waals surface area (Å²) in [7, 11) is 0. The molecule has 0 aromatic heterocycles. The molecule has 0 fully saturated rings. The Morgan fingerprint density at radius 1 is 1.13 bits per heavy atom. The lowest BCUT2D eigenvalue weighted by Gasteiger charge is -2.38. The van der Waals surface area contributed by atoms with Crippen LogP contribution in [0.1, 0.15) is 30.4 Å². The summed E-state index contributed by atoms with van der Waals surface area (Å²) in [4.78, 5) is 35.1. The van der Waals surface area contributed by atoms with Gasteiger partial charge in [0.05, 0.1) is 4.92 Å². The van der Waals surface area contributed by atoms with Gasteiger partial charge >= 0.3 is 11.9 Å². The first-order chi connectivity index (χ1) is 14.2. The van der Waals surface area contributed by atoms with Crippen LogP contribution in [0, 0.1) is 15.5 Å². The highest BCUT2D eigenvalue weighted by molar-refractivity contribution is 6.32. The molecule has 0 heterocycles. The molecule has 0 aliphatic heterocycles. The first-order valence-electron chi connectivity index (χ1n) is 9.01. The number of aliphatic carboxylic acids is 2.